The number of carbonyl (C=O) groups is 1. The fraction of sp³-hybridized carbons (Fsp3) is 0.500. The van der Waals surface area contributed by atoms with E-state index in [0.29, 0.717) is 6.42 Å². The molecule has 104 valence electrons. The summed E-state index contributed by atoms with van der Waals surface area (Å²) in [7, 11) is 0. The second-order valence-electron chi connectivity index (χ2n) is 4.86. The van der Waals surface area contributed by atoms with Crippen molar-refractivity contribution >= 4 is 11.6 Å². The van der Waals surface area contributed by atoms with Gasteiger partial charge >= 0.3 is 0 Å². The van der Waals surface area contributed by atoms with Crippen molar-refractivity contribution in [3.8, 4) is 0 Å². The first-order chi connectivity index (χ1) is 9.22. The Bertz CT molecular complexity index is 398. The largest absolute Gasteiger partial charge is 0.273 e. The summed E-state index contributed by atoms with van der Waals surface area (Å²) in [6, 6.07) is 10.1. The first-order valence-corrected chi connectivity index (χ1v) is 7.08. The lowest BCUT2D eigenvalue weighted by Gasteiger charge is -2.03. The van der Waals surface area contributed by atoms with Gasteiger partial charge in [-0.15, -0.1) is 0 Å². The van der Waals surface area contributed by atoms with Crippen LogP contribution in [0.2, 0.25) is 0 Å². The zero-order valence-corrected chi connectivity index (χ0v) is 12.0. The molecule has 0 aromatic heterocycles. The highest BCUT2D eigenvalue weighted by molar-refractivity contribution is 5.86. The van der Waals surface area contributed by atoms with E-state index in [0.717, 1.165) is 25.0 Å². The third kappa shape index (κ3) is 7.39. The average molecular weight is 260 g/mol. The Kier molecular flexibility index (Phi) is 7.56. The van der Waals surface area contributed by atoms with Crippen LogP contribution in [-0.4, -0.2) is 11.6 Å². The number of nitrogens with one attached hydrogen (secondary N) is 1. The molecule has 1 aromatic carbocycles. The predicted molar refractivity (Wildman–Crippen MR) is 80.2 cm³/mol. The summed E-state index contributed by atoms with van der Waals surface area (Å²) >= 11 is 0. The van der Waals surface area contributed by atoms with E-state index in [1.165, 1.54) is 18.4 Å². The van der Waals surface area contributed by atoms with Crippen LogP contribution < -0.4 is 5.43 Å². The Hall–Kier alpha value is -1.64. The Balaban J connectivity index is 2.25. The lowest BCUT2D eigenvalue weighted by molar-refractivity contribution is -0.121. The SMILES string of the molecule is CCCCCCC(=O)N/N=C(/C)Cc1ccccc1. The Morgan fingerprint density at radius 2 is 1.89 bits per heavy atom. The Morgan fingerprint density at radius 3 is 2.58 bits per heavy atom. The summed E-state index contributed by atoms with van der Waals surface area (Å²) in [6.07, 6.45) is 5.81. The zero-order chi connectivity index (χ0) is 13.9. The minimum atomic E-state index is 0.0171. The van der Waals surface area contributed by atoms with Crippen LogP contribution in [0.25, 0.3) is 0 Å². The molecular formula is C16H24N2O. The molecule has 0 fully saturated rings. The van der Waals surface area contributed by atoms with Crippen molar-refractivity contribution < 1.29 is 4.79 Å². The number of carbonyl (C=O) groups excluding carboxylic acids is 1. The number of amides is 1. The van der Waals surface area contributed by atoms with Crippen molar-refractivity contribution in [1.82, 2.24) is 5.43 Å². The number of hydrogen-bond donors (Lipinski definition) is 1. The Labute approximate surface area is 116 Å². The maximum absolute atomic E-state index is 11.5. The van der Waals surface area contributed by atoms with Crippen molar-refractivity contribution in [2.45, 2.75) is 52.4 Å². The number of hydrazone groups is 1. The van der Waals surface area contributed by atoms with Gasteiger partial charge in [-0.25, -0.2) is 5.43 Å². The minimum Gasteiger partial charge on any atom is -0.273 e. The summed E-state index contributed by atoms with van der Waals surface area (Å²) in [4.78, 5) is 11.5. The highest BCUT2D eigenvalue weighted by Crippen LogP contribution is 2.03. The molecule has 19 heavy (non-hydrogen) atoms. The normalized spacial score (nSPS) is 11.4. The fourth-order valence-electron chi connectivity index (χ4n) is 1.86. The van der Waals surface area contributed by atoms with Gasteiger partial charge in [-0.2, -0.15) is 5.10 Å². The van der Waals surface area contributed by atoms with Gasteiger partial charge in [0.15, 0.2) is 0 Å². The second-order valence-corrected chi connectivity index (χ2v) is 4.86. The van der Waals surface area contributed by atoms with Crippen molar-refractivity contribution in [2.75, 3.05) is 0 Å². The van der Waals surface area contributed by atoms with Gasteiger partial charge in [-0.05, 0) is 18.9 Å². The third-order valence-corrected chi connectivity index (χ3v) is 2.93. The van der Waals surface area contributed by atoms with E-state index in [1.54, 1.807) is 0 Å². The summed E-state index contributed by atoms with van der Waals surface area (Å²) < 4.78 is 0. The topological polar surface area (TPSA) is 41.5 Å². The smallest absolute Gasteiger partial charge is 0.240 e. The average Bonchev–Trinajstić information content (AvgIpc) is 2.42. The molecule has 1 N–H and O–H groups in total. The van der Waals surface area contributed by atoms with Crippen LogP contribution in [0, 0.1) is 0 Å². The van der Waals surface area contributed by atoms with Crippen LogP contribution in [0.3, 0.4) is 0 Å². The first-order valence-electron chi connectivity index (χ1n) is 7.08. The number of nitrogens with zero attached hydrogens (tertiary/aromatic N) is 1. The molecule has 0 unspecified atom stereocenters. The summed E-state index contributed by atoms with van der Waals surface area (Å²) in [5.41, 5.74) is 4.76. The molecule has 0 heterocycles. The van der Waals surface area contributed by atoms with Gasteiger partial charge in [-0.1, -0.05) is 56.5 Å². The molecule has 0 bridgehead atoms. The van der Waals surface area contributed by atoms with Crippen molar-refractivity contribution in [2.24, 2.45) is 5.10 Å². The maximum Gasteiger partial charge on any atom is 0.240 e. The molecule has 0 saturated carbocycles. The van der Waals surface area contributed by atoms with Crippen molar-refractivity contribution in [3.63, 3.8) is 0 Å². The molecule has 3 nitrogen and oxygen atoms in total. The van der Waals surface area contributed by atoms with Gasteiger partial charge in [0.2, 0.25) is 5.91 Å². The van der Waals surface area contributed by atoms with Crippen LogP contribution in [-0.2, 0) is 11.2 Å². The van der Waals surface area contributed by atoms with Crippen molar-refractivity contribution in [1.29, 1.82) is 0 Å². The molecule has 0 aliphatic rings. The highest BCUT2D eigenvalue weighted by Gasteiger charge is 2.00. The molecule has 0 spiro atoms. The van der Waals surface area contributed by atoms with E-state index in [4.69, 9.17) is 0 Å². The number of hydrogen-bond acceptors (Lipinski definition) is 2. The van der Waals surface area contributed by atoms with E-state index in [2.05, 4.69) is 29.6 Å². The summed E-state index contributed by atoms with van der Waals surface area (Å²) in [6.45, 7) is 4.10. The zero-order valence-electron chi connectivity index (χ0n) is 12.0. The highest BCUT2D eigenvalue weighted by atomic mass is 16.2. The van der Waals surface area contributed by atoms with Gasteiger partial charge in [0.1, 0.15) is 0 Å². The monoisotopic (exact) mass is 260 g/mol. The predicted octanol–water partition coefficient (Wildman–Crippen LogP) is 3.69. The van der Waals surface area contributed by atoms with Gasteiger partial charge in [0.05, 0.1) is 0 Å². The van der Waals surface area contributed by atoms with Crippen LogP contribution >= 0.6 is 0 Å². The standard InChI is InChI=1S/C16H24N2O/c1-3-4-5-9-12-16(19)18-17-14(2)13-15-10-7-6-8-11-15/h6-8,10-11H,3-5,9,12-13H2,1-2H3,(H,18,19)/b17-14-. The molecule has 1 amide bonds. The van der Waals surface area contributed by atoms with E-state index in [-0.39, 0.29) is 5.91 Å². The lowest BCUT2D eigenvalue weighted by Crippen LogP contribution is -2.19. The molecule has 0 saturated heterocycles. The van der Waals surface area contributed by atoms with Crippen LogP contribution in [0.5, 0.6) is 0 Å². The molecule has 0 aliphatic heterocycles. The van der Waals surface area contributed by atoms with E-state index in [9.17, 15) is 4.79 Å². The molecule has 0 atom stereocenters. The van der Waals surface area contributed by atoms with E-state index < -0.39 is 0 Å². The number of rotatable bonds is 8. The molecular weight excluding hydrogens is 236 g/mol. The van der Waals surface area contributed by atoms with E-state index >= 15 is 0 Å². The summed E-state index contributed by atoms with van der Waals surface area (Å²) in [5, 5.41) is 4.14. The third-order valence-electron chi connectivity index (χ3n) is 2.93. The van der Waals surface area contributed by atoms with Gasteiger partial charge in [0.25, 0.3) is 0 Å². The van der Waals surface area contributed by atoms with Crippen LogP contribution in [0.1, 0.15) is 51.5 Å². The quantitative estimate of drug-likeness (QED) is 0.432. The fourth-order valence-corrected chi connectivity index (χ4v) is 1.86. The number of unbranched alkanes of at least 4 members (excludes halogenated alkanes) is 3. The Morgan fingerprint density at radius 1 is 1.16 bits per heavy atom. The second kappa shape index (κ2) is 9.31. The maximum atomic E-state index is 11.5. The van der Waals surface area contributed by atoms with Gasteiger partial charge in [0, 0.05) is 18.6 Å². The molecule has 1 rings (SSSR count). The van der Waals surface area contributed by atoms with Crippen molar-refractivity contribution in [3.05, 3.63) is 35.9 Å². The van der Waals surface area contributed by atoms with Gasteiger partial charge < -0.3 is 0 Å². The molecule has 3 heteroatoms. The molecule has 1 aromatic rings. The molecule has 0 radical (unpaired) electrons. The molecule has 0 aliphatic carbocycles. The van der Waals surface area contributed by atoms with Crippen LogP contribution in [0.15, 0.2) is 35.4 Å². The van der Waals surface area contributed by atoms with Crippen LogP contribution in [0.4, 0.5) is 0 Å². The summed E-state index contributed by atoms with van der Waals surface area (Å²) in [5.74, 6) is 0.0171. The first kappa shape index (κ1) is 15.4. The van der Waals surface area contributed by atoms with E-state index in [1.807, 2.05) is 25.1 Å². The number of benzene rings is 1. The lowest BCUT2D eigenvalue weighted by atomic mass is 10.1. The minimum absolute atomic E-state index is 0.0171. The van der Waals surface area contributed by atoms with Gasteiger partial charge in [-0.3, -0.25) is 4.79 Å².